The van der Waals surface area contributed by atoms with E-state index in [4.69, 9.17) is 9.84 Å². The van der Waals surface area contributed by atoms with Gasteiger partial charge in [-0.25, -0.2) is 9.78 Å². The fourth-order valence-electron chi connectivity index (χ4n) is 1.94. The van der Waals surface area contributed by atoms with Crippen molar-refractivity contribution in [2.45, 2.75) is 0 Å². The van der Waals surface area contributed by atoms with Crippen LogP contribution in [0.1, 0.15) is 10.4 Å². The Balaban J connectivity index is 2.22. The number of rotatable bonds is 3. The highest BCUT2D eigenvalue weighted by Crippen LogP contribution is 2.34. The van der Waals surface area contributed by atoms with Crippen LogP contribution in [0, 0.1) is 0 Å². The van der Waals surface area contributed by atoms with Crippen molar-refractivity contribution in [3.63, 3.8) is 0 Å². The van der Waals surface area contributed by atoms with Gasteiger partial charge in [-0.15, -0.1) is 11.3 Å². The first-order valence-electron chi connectivity index (χ1n) is 5.54. The molecule has 96 valence electrons. The Hall–Kier alpha value is -2.34. The average molecular weight is 274 g/mol. The Morgan fingerprint density at radius 3 is 3.00 bits per heavy atom. The number of nitrogens with zero attached hydrogens (tertiary/aromatic N) is 1. The van der Waals surface area contributed by atoms with Crippen LogP contribution in [0.15, 0.2) is 29.6 Å². The highest BCUT2D eigenvalue weighted by atomic mass is 32.1. The van der Waals surface area contributed by atoms with E-state index in [0.29, 0.717) is 16.9 Å². The zero-order valence-electron chi connectivity index (χ0n) is 10.0. The molecule has 0 bridgehead atoms. The minimum Gasteiger partial charge on any atom is -0.495 e. The summed E-state index contributed by atoms with van der Waals surface area (Å²) in [4.78, 5) is 19.5. The van der Waals surface area contributed by atoms with E-state index in [1.807, 2.05) is 11.4 Å². The molecule has 0 aliphatic heterocycles. The number of hydrogen-bond donors (Lipinski definition) is 2. The molecule has 5 nitrogen and oxygen atoms in total. The molecule has 0 saturated carbocycles. The van der Waals surface area contributed by atoms with Crippen molar-refractivity contribution in [3.8, 4) is 16.5 Å². The number of methoxy groups -OCH3 is 1. The van der Waals surface area contributed by atoms with E-state index in [0.717, 1.165) is 10.6 Å². The SMILES string of the molecule is COc1ccsc1-c1nc2c(C(=O)O)cccc2[nH]1. The summed E-state index contributed by atoms with van der Waals surface area (Å²) in [6.45, 7) is 0. The lowest BCUT2D eigenvalue weighted by molar-refractivity contribution is 0.0699. The third-order valence-electron chi connectivity index (χ3n) is 2.81. The van der Waals surface area contributed by atoms with Crippen LogP contribution in [0.2, 0.25) is 0 Å². The van der Waals surface area contributed by atoms with Crippen molar-refractivity contribution in [2.75, 3.05) is 7.11 Å². The molecule has 3 aromatic rings. The lowest BCUT2D eigenvalue weighted by atomic mass is 10.2. The molecule has 0 amide bonds. The molecular weight excluding hydrogens is 264 g/mol. The smallest absolute Gasteiger partial charge is 0.337 e. The quantitative estimate of drug-likeness (QED) is 0.769. The van der Waals surface area contributed by atoms with E-state index in [2.05, 4.69) is 9.97 Å². The van der Waals surface area contributed by atoms with Crippen LogP contribution >= 0.6 is 11.3 Å². The summed E-state index contributed by atoms with van der Waals surface area (Å²) in [6.07, 6.45) is 0. The van der Waals surface area contributed by atoms with Crippen molar-refractivity contribution in [3.05, 3.63) is 35.2 Å². The minimum absolute atomic E-state index is 0.190. The molecule has 0 spiro atoms. The van der Waals surface area contributed by atoms with Gasteiger partial charge in [0.1, 0.15) is 16.1 Å². The maximum Gasteiger partial charge on any atom is 0.337 e. The Kier molecular flexibility index (Phi) is 2.72. The second-order valence-electron chi connectivity index (χ2n) is 3.91. The number of imidazole rings is 1. The number of nitrogens with one attached hydrogen (secondary N) is 1. The van der Waals surface area contributed by atoms with Crippen LogP contribution in [0.5, 0.6) is 5.75 Å². The molecule has 0 aliphatic carbocycles. The van der Waals surface area contributed by atoms with Crippen LogP contribution in [-0.4, -0.2) is 28.2 Å². The van der Waals surface area contributed by atoms with Gasteiger partial charge in [-0.3, -0.25) is 0 Å². The Morgan fingerprint density at radius 2 is 2.26 bits per heavy atom. The molecule has 2 aromatic heterocycles. The van der Waals surface area contributed by atoms with E-state index in [1.165, 1.54) is 11.3 Å². The first-order chi connectivity index (χ1) is 9.20. The molecule has 0 radical (unpaired) electrons. The summed E-state index contributed by atoms with van der Waals surface area (Å²) in [5, 5.41) is 11.0. The van der Waals surface area contributed by atoms with E-state index in [1.54, 1.807) is 25.3 Å². The van der Waals surface area contributed by atoms with Crippen LogP contribution in [0.4, 0.5) is 0 Å². The van der Waals surface area contributed by atoms with Gasteiger partial charge in [0.05, 0.1) is 18.2 Å². The Labute approximate surface area is 112 Å². The summed E-state index contributed by atoms with van der Waals surface area (Å²) in [6, 6.07) is 6.89. The van der Waals surface area contributed by atoms with Gasteiger partial charge in [-0.2, -0.15) is 0 Å². The summed E-state index contributed by atoms with van der Waals surface area (Å²) < 4.78 is 5.25. The van der Waals surface area contributed by atoms with Gasteiger partial charge in [-0.05, 0) is 23.6 Å². The summed E-state index contributed by atoms with van der Waals surface area (Å²) in [5.74, 6) is 0.360. The third-order valence-corrected chi connectivity index (χ3v) is 3.71. The number of carboxylic acids is 1. The number of para-hydroxylation sites is 1. The number of thiophene rings is 1. The zero-order chi connectivity index (χ0) is 13.4. The predicted molar refractivity (Wildman–Crippen MR) is 72.9 cm³/mol. The second kappa shape index (κ2) is 4.40. The number of H-pyrrole nitrogens is 1. The molecule has 3 rings (SSSR count). The van der Waals surface area contributed by atoms with E-state index >= 15 is 0 Å². The van der Waals surface area contributed by atoms with Gasteiger partial charge in [-0.1, -0.05) is 6.07 Å². The van der Waals surface area contributed by atoms with Gasteiger partial charge in [0.2, 0.25) is 0 Å². The maximum atomic E-state index is 11.2. The first-order valence-corrected chi connectivity index (χ1v) is 6.42. The lowest BCUT2D eigenvalue weighted by Crippen LogP contribution is -1.96. The second-order valence-corrected chi connectivity index (χ2v) is 4.83. The number of fused-ring (bicyclic) bond motifs is 1. The average Bonchev–Trinajstić information content (AvgIpc) is 3.03. The standard InChI is InChI=1S/C13H10N2O3S/c1-18-9-5-6-19-11(9)12-14-8-4-2-3-7(13(16)17)10(8)15-12/h2-6H,1H3,(H,14,15)(H,16,17). The number of aromatic nitrogens is 2. The number of ether oxygens (including phenoxy) is 1. The van der Waals surface area contributed by atoms with Crippen molar-refractivity contribution in [1.82, 2.24) is 9.97 Å². The molecule has 0 fully saturated rings. The van der Waals surface area contributed by atoms with Gasteiger partial charge >= 0.3 is 5.97 Å². The van der Waals surface area contributed by atoms with Gasteiger partial charge < -0.3 is 14.8 Å². The van der Waals surface area contributed by atoms with Crippen molar-refractivity contribution in [1.29, 1.82) is 0 Å². The number of aromatic carboxylic acids is 1. The summed E-state index contributed by atoms with van der Waals surface area (Å²) in [5.41, 5.74) is 1.35. The van der Waals surface area contributed by atoms with Crippen LogP contribution < -0.4 is 4.74 Å². The largest absolute Gasteiger partial charge is 0.495 e. The lowest BCUT2D eigenvalue weighted by Gasteiger charge is -1.97. The molecule has 0 saturated heterocycles. The summed E-state index contributed by atoms with van der Waals surface area (Å²) in [7, 11) is 1.59. The topological polar surface area (TPSA) is 75.2 Å². The highest BCUT2D eigenvalue weighted by Gasteiger charge is 2.16. The van der Waals surface area contributed by atoms with E-state index in [9.17, 15) is 4.79 Å². The monoisotopic (exact) mass is 274 g/mol. The fourth-order valence-corrected chi connectivity index (χ4v) is 2.75. The molecule has 1 aromatic carbocycles. The van der Waals surface area contributed by atoms with Crippen molar-refractivity contribution < 1.29 is 14.6 Å². The number of hydrogen-bond acceptors (Lipinski definition) is 4. The number of benzene rings is 1. The van der Waals surface area contributed by atoms with E-state index in [-0.39, 0.29) is 5.56 Å². The van der Waals surface area contributed by atoms with Gasteiger partial charge in [0, 0.05) is 0 Å². The molecule has 2 N–H and O–H groups in total. The predicted octanol–water partition coefficient (Wildman–Crippen LogP) is 3.00. The fraction of sp³-hybridized carbons (Fsp3) is 0.0769. The zero-order valence-corrected chi connectivity index (χ0v) is 10.8. The molecule has 0 atom stereocenters. The molecule has 19 heavy (non-hydrogen) atoms. The van der Waals surface area contributed by atoms with Crippen molar-refractivity contribution >= 4 is 28.3 Å². The maximum absolute atomic E-state index is 11.2. The summed E-state index contributed by atoms with van der Waals surface area (Å²) >= 11 is 1.49. The number of carboxylic acid groups (broad SMARTS) is 1. The number of aromatic amines is 1. The molecule has 2 heterocycles. The molecular formula is C13H10N2O3S. The molecule has 0 aliphatic rings. The van der Waals surface area contributed by atoms with E-state index < -0.39 is 5.97 Å². The van der Waals surface area contributed by atoms with Gasteiger partial charge in [0.25, 0.3) is 0 Å². The minimum atomic E-state index is -0.984. The Morgan fingerprint density at radius 1 is 1.42 bits per heavy atom. The van der Waals surface area contributed by atoms with Crippen LogP contribution in [0.25, 0.3) is 21.7 Å². The van der Waals surface area contributed by atoms with Gasteiger partial charge in [0.15, 0.2) is 5.82 Å². The van der Waals surface area contributed by atoms with Crippen LogP contribution in [0.3, 0.4) is 0 Å². The Bertz CT molecular complexity index is 760. The first kappa shape index (κ1) is 11.7. The highest BCUT2D eigenvalue weighted by molar-refractivity contribution is 7.13. The molecule has 0 unspecified atom stereocenters. The third kappa shape index (κ3) is 1.86. The van der Waals surface area contributed by atoms with Crippen molar-refractivity contribution in [2.24, 2.45) is 0 Å². The normalized spacial score (nSPS) is 10.8. The number of carbonyl (C=O) groups is 1. The molecule has 6 heteroatoms. The van der Waals surface area contributed by atoms with Crippen LogP contribution in [-0.2, 0) is 0 Å².